The highest BCUT2D eigenvalue weighted by Crippen LogP contribution is 2.20. The van der Waals surface area contributed by atoms with Gasteiger partial charge in [-0.1, -0.05) is 17.8 Å². The van der Waals surface area contributed by atoms with Crippen LogP contribution in [-0.2, 0) is 18.4 Å². The largest absolute Gasteiger partial charge is 0.497 e. The number of hydrogen-bond donors (Lipinski definition) is 1. The van der Waals surface area contributed by atoms with Crippen molar-refractivity contribution >= 4 is 23.4 Å². The van der Waals surface area contributed by atoms with E-state index < -0.39 is 0 Å². The molecule has 3 rings (SSSR count). The lowest BCUT2D eigenvalue weighted by Crippen LogP contribution is -2.14. The quantitative estimate of drug-likeness (QED) is 0.568. The van der Waals surface area contributed by atoms with Crippen molar-refractivity contribution in [2.75, 3.05) is 18.2 Å². The third kappa shape index (κ3) is 5.51. The molecule has 0 spiro atoms. The molecule has 0 atom stereocenters. The second-order valence-electron chi connectivity index (χ2n) is 6.56. The molecular weight excluding hydrogens is 388 g/mol. The Kier molecular flexibility index (Phi) is 6.77. The number of hydrogen-bond acceptors (Lipinski definition) is 6. The first kappa shape index (κ1) is 20.7. The zero-order chi connectivity index (χ0) is 20.8. The van der Waals surface area contributed by atoms with E-state index in [1.807, 2.05) is 29.8 Å². The van der Waals surface area contributed by atoms with Crippen molar-refractivity contribution in [1.82, 2.24) is 14.8 Å². The van der Waals surface area contributed by atoms with E-state index in [0.717, 1.165) is 17.2 Å². The predicted molar refractivity (Wildman–Crippen MR) is 114 cm³/mol. The molecule has 2 aromatic carbocycles. The molecular formula is C21H24N4O3S. The van der Waals surface area contributed by atoms with E-state index in [9.17, 15) is 4.79 Å². The standard InChI is InChI=1S/C21H24N4O3S/c1-14-5-8-18(11-15(14)2)28-12-19-23-24-21(25(19)3)29-13-20(26)22-16-6-9-17(27-4)10-7-16/h5-11H,12-13H2,1-4H3,(H,22,26). The van der Waals surface area contributed by atoms with Gasteiger partial charge in [0.25, 0.3) is 0 Å². The fourth-order valence-electron chi connectivity index (χ4n) is 2.55. The number of rotatable bonds is 8. The van der Waals surface area contributed by atoms with E-state index in [-0.39, 0.29) is 11.7 Å². The van der Waals surface area contributed by atoms with E-state index in [0.29, 0.717) is 17.6 Å². The van der Waals surface area contributed by atoms with Crippen molar-refractivity contribution in [3.63, 3.8) is 0 Å². The minimum Gasteiger partial charge on any atom is -0.497 e. The van der Waals surface area contributed by atoms with Crippen LogP contribution in [0, 0.1) is 13.8 Å². The van der Waals surface area contributed by atoms with Gasteiger partial charge in [0, 0.05) is 12.7 Å². The summed E-state index contributed by atoms with van der Waals surface area (Å²) in [7, 11) is 3.47. The van der Waals surface area contributed by atoms with Gasteiger partial charge in [0.15, 0.2) is 11.0 Å². The summed E-state index contributed by atoms with van der Waals surface area (Å²) in [4.78, 5) is 12.2. The highest BCUT2D eigenvalue weighted by molar-refractivity contribution is 7.99. The van der Waals surface area contributed by atoms with Crippen LogP contribution in [-0.4, -0.2) is 33.5 Å². The summed E-state index contributed by atoms with van der Waals surface area (Å²) in [6.45, 7) is 4.43. The smallest absolute Gasteiger partial charge is 0.234 e. The first-order valence-electron chi connectivity index (χ1n) is 9.11. The first-order valence-corrected chi connectivity index (χ1v) is 10.1. The molecule has 0 fully saturated rings. The topological polar surface area (TPSA) is 78.3 Å². The van der Waals surface area contributed by atoms with Crippen molar-refractivity contribution in [2.45, 2.75) is 25.6 Å². The number of ether oxygens (including phenoxy) is 2. The first-order chi connectivity index (χ1) is 14.0. The number of thioether (sulfide) groups is 1. The van der Waals surface area contributed by atoms with E-state index >= 15 is 0 Å². The molecule has 152 valence electrons. The molecule has 29 heavy (non-hydrogen) atoms. The third-order valence-electron chi connectivity index (χ3n) is 4.48. The number of benzene rings is 2. The summed E-state index contributed by atoms with van der Waals surface area (Å²) in [5.74, 6) is 2.35. The van der Waals surface area contributed by atoms with Gasteiger partial charge in [0.2, 0.25) is 5.91 Å². The van der Waals surface area contributed by atoms with Gasteiger partial charge in [-0.3, -0.25) is 4.79 Å². The molecule has 0 unspecified atom stereocenters. The van der Waals surface area contributed by atoms with Gasteiger partial charge in [-0.2, -0.15) is 0 Å². The van der Waals surface area contributed by atoms with E-state index in [2.05, 4.69) is 29.4 Å². The number of nitrogens with zero attached hydrogens (tertiary/aromatic N) is 3. The fourth-order valence-corrected chi connectivity index (χ4v) is 3.28. The molecule has 0 bridgehead atoms. The van der Waals surface area contributed by atoms with Crippen LogP contribution < -0.4 is 14.8 Å². The Hall–Kier alpha value is -3.00. The molecule has 8 heteroatoms. The molecule has 0 aliphatic heterocycles. The number of amides is 1. The van der Waals surface area contributed by atoms with Crippen LogP contribution in [0.15, 0.2) is 47.6 Å². The lowest BCUT2D eigenvalue weighted by Gasteiger charge is -2.08. The van der Waals surface area contributed by atoms with E-state index in [4.69, 9.17) is 9.47 Å². The Morgan fingerprint density at radius 3 is 2.48 bits per heavy atom. The van der Waals surface area contributed by atoms with Crippen LogP contribution in [0.4, 0.5) is 5.69 Å². The SMILES string of the molecule is COc1ccc(NC(=O)CSc2nnc(COc3ccc(C)c(C)c3)n2C)cc1. The molecule has 1 heterocycles. The highest BCUT2D eigenvalue weighted by atomic mass is 32.2. The van der Waals surface area contributed by atoms with Crippen LogP contribution in [0.2, 0.25) is 0 Å². The summed E-state index contributed by atoms with van der Waals surface area (Å²) in [6, 6.07) is 13.2. The molecule has 0 aliphatic rings. The summed E-state index contributed by atoms with van der Waals surface area (Å²) in [6.07, 6.45) is 0. The monoisotopic (exact) mass is 412 g/mol. The summed E-state index contributed by atoms with van der Waals surface area (Å²) >= 11 is 1.33. The Morgan fingerprint density at radius 1 is 1.07 bits per heavy atom. The van der Waals surface area contributed by atoms with Gasteiger partial charge in [0.05, 0.1) is 12.9 Å². The van der Waals surface area contributed by atoms with Crippen molar-refractivity contribution in [3.8, 4) is 11.5 Å². The van der Waals surface area contributed by atoms with Gasteiger partial charge in [-0.05, 0) is 61.4 Å². The molecule has 1 aromatic heterocycles. The molecule has 0 saturated carbocycles. The van der Waals surface area contributed by atoms with Crippen molar-refractivity contribution in [1.29, 1.82) is 0 Å². The maximum Gasteiger partial charge on any atom is 0.234 e. The van der Waals surface area contributed by atoms with Crippen molar-refractivity contribution in [2.24, 2.45) is 7.05 Å². The zero-order valence-corrected chi connectivity index (χ0v) is 17.7. The Morgan fingerprint density at radius 2 is 1.79 bits per heavy atom. The predicted octanol–water partition coefficient (Wildman–Crippen LogP) is 3.75. The number of anilines is 1. The van der Waals surface area contributed by atoms with Crippen LogP contribution in [0.5, 0.6) is 11.5 Å². The summed E-state index contributed by atoms with van der Waals surface area (Å²) in [5, 5.41) is 11.8. The van der Waals surface area contributed by atoms with Crippen LogP contribution in [0.3, 0.4) is 0 Å². The fraction of sp³-hybridized carbons (Fsp3) is 0.286. The number of aromatic nitrogens is 3. The average Bonchev–Trinajstić information content (AvgIpc) is 3.07. The number of carbonyl (C=O) groups is 1. The molecule has 0 saturated heterocycles. The third-order valence-corrected chi connectivity index (χ3v) is 5.50. The lowest BCUT2D eigenvalue weighted by atomic mass is 10.1. The highest BCUT2D eigenvalue weighted by Gasteiger charge is 2.12. The second-order valence-corrected chi connectivity index (χ2v) is 7.50. The average molecular weight is 413 g/mol. The molecule has 1 N–H and O–H groups in total. The van der Waals surface area contributed by atoms with Crippen molar-refractivity contribution in [3.05, 3.63) is 59.4 Å². The van der Waals surface area contributed by atoms with Gasteiger partial charge < -0.3 is 19.4 Å². The molecule has 0 aliphatic carbocycles. The van der Waals surface area contributed by atoms with Crippen LogP contribution >= 0.6 is 11.8 Å². The van der Waals surface area contributed by atoms with Gasteiger partial charge in [-0.15, -0.1) is 10.2 Å². The number of nitrogens with one attached hydrogen (secondary N) is 1. The van der Waals surface area contributed by atoms with Crippen LogP contribution in [0.25, 0.3) is 0 Å². The maximum absolute atomic E-state index is 12.2. The Bertz CT molecular complexity index is 986. The van der Waals surface area contributed by atoms with Gasteiger partial charge >= 0.3 is 0 Å². The molecule has 1 amide bonds. The van der Waals surface area contributed by atoms with Gasteiger partial charge in [-0.25, -0.2) is 0 Å². The molecule has 7 nitrogen and oxygen atoms in total. The Labute approximate surface area is 174 Å². The maximum atomic E-state index is 12.2. The summed E-state index contributed by atoms with van der Waals surface area (Å²) < 4.78 is 12.8. The number of methoxy groups -OCH3 is 1. The minimum absolute atomic E-state index is 0.115. The number of aryl methyl sites for hydroxylation is 2. The van der Waals surface area contributed by atoms with E-state index in [1.165, 1.54) is 22.9 Å². The Balaban J connectivity index is 1.52. The number of carbonyl (C=O) groups excluding carboxylic acids is 1. The molecule has 3 aromatic rings. The van der Waals surface area contributed by atoms with Crippen molar-refractivity contribution < 1.29 is 14.3 Å². The zero-order valence-electron chi connectivity index (χ0n) is 16.9. The normalized spacial score (nSPS) is 10.6. The van der Waals surface area contributed by atoms with Gasteiger partial charge in [0.1, 0.15) is 18.1 Å². The van der Waals surface area contributed by atoms with E-state index in [1.54, 1.807) is 31.4 Å². The second kappa shape index (κ2) is 9.47. The minimum atomic E-state index is -0.115. The lowest BCUT2D eigenvalue weighted by molar-refractivity contribution is -0.113. The molecule has 0 radical (unpaired) electrons. The summed E-state index contributed by atoms with van der Waals surface area (Å²) in [5.41, 5.74) is 3.12. The van der Waals surface area contributed by atoms with Crippen LogP contribution in [0.1, 0.15) is 17.0 Å².